The summed E-state index contributed by atoms with van der Waals surface area (Å²) in [7, 11) is 5.89. The van der Waals surface area contributed by atoms with Gasteiger partial charge in [0.2, 0.25) is 0 Å². The first-order chi connectivity index (χ1) is 17.7. The zero-order valence-electron chi connectivity index (χ0n) is 22.0. The van der Waals surface area contributed by atoms with Gasteiger partial charge in [-0.3, -0.25) is 9.48 Å². The SMILES string of the molecule is Cc1ccc(OCCN(C)C)cc1C(=O)N[C@H](C)c1cc(-c2ccc(N)nc2)cc(-c2cnn(C)c2)c1. The molecular weight excluding hydrogens is 464 g/mol. The first-order valence-electron chi connectivity index (χ1n) is 12.2. The third-order valence-electron chi connectivity index (χ3n) is 6.22. The second kappa shape index (κ2) is 11.3. The number of anilines is 1. The predicted octanol–water partition coefficient (Wildman–Crippen LogP) is 4.47. The van der Waals surface area contributed by atoms with Gasteiger partial charge in [0.05, 0.1) is 12.2 Å². The number of nitrogen functional groups attached to an aromatic ring is 1. The number of hydrogen-bond acceptors (Lipinski definition) is 6. The van der Waals surface area contributed by atoms with Gasteiger partial charge in [0.25, 0.3) is 5.91 Å². The van der Waals surface area contributed by atoms with Crippen molar-refractivity contribution in [3.63, 3.8) is 0 Å². The van der Waals surface area contributed by atoms with Crippen molar-refractivity contribution in [2.75, 3.05) is 33.0 Å². The van der Waals surface area contributed by atoms with Crippen LogP contribution in [0, 0.1) is 6.92 Å². The van der Waals surface area contributed by atoms with Crippen LogP contribution in [0.5, 0.6) is 5.75 Å². The molecule has 192 valence electrons. The highest BCUT2D eigenvalue weighted by molar-refractivity contribution is 5.96. The molecule has 0 aliphatic heterocycles. The van der Waals surface area contributed by atoms with Crippen LogP contribution in [-0.2, 0) is 7.05 Å². The molecule has 4 rings (SSSR count). The van der Waals surface area contributed by atoms with Gasteiger partial charge < -0.3 is 20.7 Å². The summed E-state index contributed by atoms with van der Waals surface area (Å²) in [4.78, 5) is 19.6. The first-order valence-corrected chi connectivity index (χ1v) is 12.2. The summed E-state index contributed by atoms with van der Waals surface area (Å²) in [5, 5.41) is 7.49. The van der Waals surface area contributed by atoms with E-state index in [0.29, 0.717) is 23.7 Å². The summed E-state index contributed by atoms with van der Waals surface area (Å²) in [5.41, 5.74) is 12.2. The zero-order valence-corrected chi connectivity index (χ0v) is 22.0. The fourth-order valence-electron chi connectivity index (χ4n) is 4.02. The lowest BCUT2D eigenvalue weighted by Crippen LogP contribution is -2.27. The van der Waals surface area contributed by atoms with E-state index in [4.69, 9.17) is 10.5 Å². The molecule has 1 amide bonds. The number of nitrogens with zero attached hydrogens (tertiary/aromatic N) is 4. The topological polar surface area (TPSA) is 98.3 Å². The van der Waals surface area contributed by atoms with Crippen molar-refractivity contribution in [3.8, 4) is 28.0 Å². The predicted molar refractivity (Wildman–Crippen MR) is 147 cm³/mol. The lowest BCUT2D eigenvalue weighted by molar-refractivity contribution is 0.0938. The molecule has 37 heavy (non-hydrogen) atoms. The molecule has 0 radical (unpaired) electrons. The second-order valence-electron chi connectivity index (χ2n) is 9.54. The molecule has 4 aromatic rings. The average Bonchev–Trinajstić information content (AvgIpc) is 3.31. The Bertz CT molecular complexity index is 1380. The van der Waals surface area contributed by atoms with Gasteiger partial charge in [0, 0.05) is 42.7 Å². The van der Waals surface area contributed by atoms with Crippen LogP contribution in [0.1, 0.15) is 34.5 Å². The Balaban J connectivity index is 1.61. The third kappa shape index (κ3) is 6.54. The fraction of sp³-hybridized carbons (Fsp3) is 0.276. The monoisotopic (exact) mass is 498 g/mol. The molecule has 0 fully saturated rings. The van der Waals surface area contributed by atoms with Crippen molar-refractivity contribution in [1.29, 1.82) is 0 Å². The number of nitrogens with one attached hydrogen (secondary N) is 1. The molecule has 3 N–H and O–H groups in total. The van der Waals surface area contributed by atoms with E-state index in [1.165, 1.54) is 0 Å². The normalized spacial score (nSPS) is 11.9. The Kier molecular flexibility index (Phi) is 7.89. The molecule has 8 nitrogen and oxygen atoms in total. The van der Waals surface area contributed by atoms with Gasteiger partial charge in [-0.15, -0.1) is 0 Å². The highest BCUT2D eigenvalue weighted by Gasteiger charge is 2.17. The number of benzene rings is 2. The van der Waals surface area contributed by atoms with E-state index in [9.17, 15) is 4.79 Å². The minimum absolute atomic E-state index is 0.148. The molecule has 8 heteroatoms. The lowest BCUT2D eigenvalue weighted by atomic mass is 9.95. The summed E-state index contributed by atoms with van der Waals surface area (Å²) in [6.07, 6.45) is 5.56. The van der Waals surface area contributed by atoms with E-state index in [1.807, 2.05) is 71.6 Å². The number of ether oxygens (including phenoxy) is 1. The van der Waals surface area contributed by atoms with Crippen LogP contribution in [0.2, 0.25) is 0 Å². The molecule has 0 aliphatic rings. The van der Waals surface area contributed by atoms with Gasteiger partial charge in [-0.1, -0.05) is 6.07 Å². The number of carbonyl (C=O) groups is 1. The number of hydrogen-bond donors (Lipinski definition) is 2. The fourth-order valence-corrected chi connectivity index (χ4v) is 4.02. The van der Waals surface area contributed by atoms with E-state index in [2.05, 4.69) is 38.5 Å². The van der Waals surface area contributed by atoms with Crippen LogP contribution < -0.4 is 15.8 Å². The van der Waals surface area contributed by atoms with Crippen LogP contribution >= 0.6 is 0 Å². The maximum Gasteiger partial charge on any atom is 0.252 e. The smallest absolute Gasteiger partial charge is 0.252 e. The van der Waals surface area contributed by atoms with Crippen molar-refractivity contribution < 1.29 is 9.53 Å². The Morgan fingerprint density at radius 3 is 2.46 bits per heavy atom. The van der Waals surface area contributed by atoms with E-state index in [1.54, 1.807) is 16.9 Å². The number of aromatic nitrogens is 3. The quantitative estimate of drug-likeness (QED) is 0.353. The highest BCUT2D eigenvalue weighted by Crippen LogP contribution is 2.31. The van der Waals surface area contributed by atoms with Crippen LogP contribution in [0.3, 0.4) is 0 Å². The molecule has 0 bridgehead atoms. The average molecular weight is 499 g/mol. The lowest BCUT2D eigenvalue weighted by Gasteiger charge is -2.18. The van der Waals surface area contributed by atoms with Crippen LogP contribution in [0.15, 0.2) is 67.1 Å². The van der Waals surface area contributed by atoms with Gasteiger partial charge in [0.1, 0.15) is 18.2 Å². The van der Waals surface area contributed by atoms with Crippen molar-refractivity contribution in [1.82, 2.24) is 25.0 Å². The maximum absolute atomic E-state index is 13.3. The molecule has 0 spiro atoms. The number of likely N-dealkylation sites (N-methyl/N-ethyl adjacent to an activating group) is 1. The van der Waals surface area contributed by atoms with Crippen LogP contribution in [-0.4, -0.2) is 52.8 Å². The van der Waals surface area contributed by atoms with E-state index in [-0.39, 0.29) is 11.9 Å². The van der Waals surface area contributed by atoms with Gasteiger partial charge in [-0.25, -0.2) is 4.98 Å². The molecule has 0 saturated heterocycles. The molecule has 2 aromatic carbocycles. The van der Waals surface area contributed by atoms with Gasteiger partial charge >= 0.3 is 0 Å². The number of carbonyl (C=O) groups excluding carboxylic acids is 1. The summed E-state index contributed by atoms with van der Waals surface area (Å²) < 4.78 is 7.62. The summed E-state index contributed by atoms with van der Waals surface area (Å²) in [5.74, 6) is 1.00. The Morgan fingerprint density at radius 2 is 1.81 bits per heavy atom. The molecule has 0 aliphatic carbocycles. The first kappa shape index (κ1) is 25.9. The third-order valence-corrected chi connectivity index (χ3v) is 6.22. The number of pyridine rings is 1. The zero-order chi connectivity index (χ0) is 26.5. The van der Waals surface area contributed by atoms with Gasteiger partial charge in [0.15, 0.2) is 0 Å². The van der Waals surface area contributed by atoms with E-state index in [0.717, 1.165) is 39.9 Å². The van der Waals surface area contributed by atoms with Crippen molar-refractivity contribution in [2.45, 2.75) is 19.9 Å². The summed E-state index contributed by atoms with van der Waals surface area (Å²) >= 11 is 0. The van der Waals surface area contributed by atoms with Gasteiger partial charge in [-0.05, 0) is 92.7 Å². The molecule has 2 aromatic heterocycles. The Labute approximate surface area is 218 Å². The highest BCUT2D eigenvalue weighted by atomic mass is 16.5. The van der Waals surface area contributed by atoms with Crippen molar-refractivity contribution in [2.24, 2.45) is 7.05 Å². The number of aryl methyl sites for hydroxylation is 2. The van der Waals surface area contributed by atoms with Crippen molar-refractivity contribution >= 4 is 11.7 Å². The minimum atomic E-state index is -0.248. The molecule has 2 heterocycles. The number of amides is 1. The largest absolute Gasteiger partial charge is 0.492 e. The van der Waals surface area contributed by atoms with E-state index < -0.39 is 0 Å². The number of rotatable bonds is 9. The van der Waals surface area contributed by atoms with Crippen LogP contribution in [0.25, 0.3) is 22.3 Å². The Morgan fingerprint density at radius 1 is 1.05 bits per heavy atom. The molecule has 0 saturated carbocycles. The molecular formula is C29H34N6O2. The maximum atomic E-state index is 13.3. The Hall–Kier alpha value is -4.17. The summed E-state index contributed by atoms with van der Waals surface area (Å²) in [6, 6.07) is 15.4. The van der Waals surface area contributed by atoms with E-state index >= 15 is 0 Å². The van der Waals surface area contributed by atoms with Crippen LogP contribution in [0.4, 0.5) is 5.82 Å². The molecule has 0 unspecified atom stereocenters. The summed E-state index contributed by atoms with van der Waals surface area (Å²) in [6.45, 7) is 5.26. The minimum Gasteiger partial charge on any atom is -0.492 e. The number of nitrogens with two attached hydrogens (primary N) is 1. The molecule has 1 atom stereocenters. The van der Waals surface area contributed by atoms with Crippen molar-refractivity contribution in [3.05, 3.63) is 83.8 Å². The van der Waals surface area contributed by atoms with Gasteiger partial charge in [-0.2, -0.15) is 5.10 Å². The second-order valence-corrected chi connectivity index (χ2v) is 9.54. The standard InChI is InChI=1S/C29H34N6O2/c1-19-6-8-26(37-11-10-34(3)4)15-27(19)29(36)33-20(2)22-12-23(21-7-9-28(30)31-16-21)14-24(13-22)25-17-32-35(5)18-25/h6-9,12-18,20H,10-11H2,1-5H3,(H2,30,31)(H,33,36)/t20-/m1/s1.